The Morgan fingerprint density at radius 1 is 1.00 bits per heavy atom. The molecule has 0 aliphatic carbocycles. The minimum Gasteiger partial charge on any atom is -0.508 e. The summed E-state index contributed by atoms with van der Waals surface area (Å²) in [6.45, 7) is -0.427. The van der Waals surface area contributed by atoms with Crippen molar-refractivity contribution in [3.63, 3.8) is 0 Å². The number of aliphatic hydroxyl groups is 3. The molecule has 3 aromatic carbocycles. The minimum atomic E-state index is -2.18. The highest BCUT2D eigenvalue weighted by Crippen LogP contribution is 2.39. The summed E-state index contributed by atoms with van der Waals surface area (Å²) >= 11 is 0. The Labute approximate surface area is 229 Å². The highest BCUT2D eigenvalue weighted by atomic mass is 16.6. The first-order valence-electron chi connectivity index (χ1n) is 12.8. The largest absolute Gasteiger partial charge is 0.508 e. The molecule has 0 aromatic heterocycles. The predicted octanol–water partition coefficient (Wildman–Crippen LogP) is -0.901. The van der Waals surface area contributed by atoms with Crippen LogP contribution in [0, 0.1) is 0 Å². The zero-order valence-corrected chi connectivity index (χ0v) is 21.4. The third-order valence-electron chi connectivity index (χ3n) is 7.60. The van der Waals surface area contributed by atoms with E-state index >= 15 is 0 Å². The average Bonchev–Trinajstić information content (AvgIpc) is 3.21. The fourth-order valence-corrected chi connectivity index (χ4v) is 5.26. The van der Waals surface area contributed by atoms with E-state index in [1.54, 1.807) is 12.1 Å². The third-order valence-corrected chi connectivity index (χ3v) is 7.60. The summed E-state index contributed by atoms with van der Waals surface area (Å²) in [4.78, 5) is 26.7. The molecule has 9 N–H and O–H groups in total. The first-order valence-corrected chi connectivity index (χ1v) is 12.8. The van der Waals surface area contributed by atoms with Crippen molar-refractivity contribution in [2.45, 2.75) is 55.1 Å². The average molecular weight is 553 g/mol. The Morgan fingerprint density at radius 2 is 1.68 bits per heavy atom. The number of nitrogens with one attached hydrogen (secondary N) is 2. The number of carbonyl (C=O) groups is 2. The number of hydrogen-bond donors (Lipinski definition) is 8. The number of benzene rings is 3. The molecule has 3 aromatic rings. The number of nitrogens with two attached hydrogens (primary N) is 1. The lowest BCUT2D eigenvalue weighted by atomic mass is 9.80. The van der Waals surface area contributed by atoms with Gasteiger partial charge in [0, 0.05) is 6.54 Å². The van der Waals surface area contributed by atoms with E-state index in [0.717, 1.165) is 16.3 Å². The molecule has 2 heterocycles. The van der Waals surface area contributed by atoms with E-state index in [-0.39, 0.29) is 18.7 Å². The number of fused-ring (bicyclic) bond motifs is 3. The number of aromatic hydroxyl groups is 1. The Morgan fingerprint density at radius 3 is 2.40 bits per heavy atom. The van der Waals surface area contributed by atoms with Crippen molar-refractivity contribution < 1.29 is 40.0 Å². The second-order valence-electron chi connectivity index (χ2n) is 10.3. The topological polar surface area (TPSA) is 198 Å². The van der Waals surface area contributed by atoms with Gasteiger partial charge in [-0.3, -0.25) is 9.59 Å². The van der Waals surface area contributed by atoms with Crippen LogP contribution in [0.15, 0.2) is 66.7 Å². The molecule has 0 saturated carbocycles. The van der Waals surface area contributed by atoms with Gasteiger partial charge in [-0.05, 0) is 46.5 Å². The molecule has 5 rings (SSSR count). The summed E-state index contributed by atoms with van der Waals surface area (Å²) in [5.74, 6) is -1.47. The first kappa shape index (κ1) is 27.9. The van der Waals surface area contributed by atoms with E-state index in [4.69, 9.17) is 10.5 Å². The van der Waals surface area contributed by atoms with Crippen LogP contribution < -0.4 is 16.4 Å². The van der Waals surface area contributed by atoms with E-state index < -0.39 is 60.6 Å². The Hall–Kier alpha value is -3.62. The molecule has 7 atom stereocenters. The molecule has 0 radical (unpaired) electrons. The molecule has 12 heteroatoms. The molecule has 212 valence electrons. The number of hydrogen-bond acceptors (Lipinski definition) is 10. The van der Waals surface area contributed by atoms with Gasteiger partial charge in [-0.2, -0.15) is 5.06 Å². The van der Waals surface area contributed by atoms with Crippen molar-refractivity contribution in [1.29, 1.82) is 0 Å². The van der Waals surface area contributed by atoms with Gasteiger partial charge < -0.3 is 46.7 Å². The van der Waals surface area contributed by atoms with Crippen molar-refractivity contribution in [3.05, 3.63) is 77.9 Å². The molecular weight excluding hydrogens is 520 g/mol. The molecule has 2 fully saturated rings. The van der Waals surface area contributed by atoms with Crippen LogP contribution >= 0.6 is 0 Å². The maximum Gasteiger partial charge on any atom is 0.244 e. The highest BCUT2D eigenvalue weighted by Gasteiger charge is 2.65. The van der Waals surface area contributed by atoms with E-state index in [1.165, 1.54) is 12.1 Å². The molecule has 3 unspecified atom stereocenters. The van der Waals surface area contributed by atoms with Gasteiger partial charge in [0.05, 0.1) is 18.7 Å². The lowest BCUT2D eigenvalue weighted by Crippen LogP contribution is -2.74. The van der Waals surface area contributed by atoms with Gasteiger partial charge in [-0.15, -0.1) is 0 Å². The van der Waals surface area contributed by atoms with Gasteiger partial charge in [-0.1, -0.05) is 48.5 Å². The maximum absolute atomic E-state index is 13.5. The van der Waals surface area contributed by atoms with Gasteiger partial charge in [0.15, 0.2) is 6.23 Å². The normalized spacial score (nSPS) is 27.7. The number of aliphatic hydroxyl groups excluding tert-OH is 2. The number of nitrogens with zero attached hydrogens (tertiary/aromatic N) is 1. The number of phenolic OH excluding ortho intramolecular Hbond substituents is 1. The van der Waals surface area contributed by atoms with E-state index in [9.17, 15) is 35.2 Å². The number of amides is 2. The SMILES string of the molecule is N[C@@H](Cc1ccc(O)cc1)C(=O)NC(C(=O)NCc1ccc2ccccc2c1)C1[C@H](O)[C@]2(O)COC([C@H]2O)N1O. The van der Waals surface area contributed by atoms with E-state index in [0.29, 0.717) is 10.6 Å². The zero-order chi connectivity index (χ0) is 28.6. The smallest absolute Gasteiger partial charge is 0.244 e. The van der Waals surface area contributed by atoms with Crippen LogP contribution in [0.1, 0.15) is 11.1 Å². The summed E-state index contributed by atoms with van der Waals surface area (Å²) in [7, 11) is 0. The molecular formula is C28H32N4O8. The number of carbonyl (C=O) groups excluding carboxylic acids is 2. The van der Waals surface area contributed by atoms with Gasteiger partial charge in [0.1, 0.15) is 29.6 Å². The fraction of sp³-hybridized carbons (Fsp3) is 0.357. The molecule has 2 saturated heterocycles. The molecule has 40 heavy (non-hydrogen) atoms. The molecule has 12 nitrogen and oxygen atoms in total. The van der Waals surface area contributed by atoms with Crippen LogP contribution in [0.5, 0.6) is 5.75 Å². The molecule has 2 bridgehead atoms. The zero-order valence-electron chi connectivity index (χ0n) is 21.4. The van der Waals surface area contributed by atoms with Crippen LogP contribution in [0.25, 0.3) is 10.8 Å². The summed E-state index contributed by atoms with van der Waals surface area (Å²) in [6, 6.07) is 15.1. The second-order valence-corrected chi connectivity index (χ2v) is 10.3. The number of rotatable bonds is 8. The molecule has 2 aliphatic rings. The van der Waals surface area contributed by atoms with Gasteiger partial charge in [0.2, 0.25) is 11.8 Å². The number of ether oxygens (including phenoxy) is 1. The fourth-order valence-electron chi connectivity index (χ4n) is 5.26. The molecule has 2 aliphatic heterocycles. The summed E-state index contributed by atoms with van der Waals surface area (Å²) < 4.78 is 5.27. The lowest BCUT2D eigenvalue weighted by molar-refractivity contribution is -0.297. The molecule has 2 amide bonds. The van der Waals surface area contributed by atoms with Gasteiger partial charge in [0.25, 0.3) is 0 Å². The van der Waals surface area contributed by atoms with Crippen LogP contribution in [-0.2, 0) is 27.3 Å². The van der Waals surface area contributed by atoms with Crippen molar-refractivity contribution in [3.8, 4) is 5.75 Å². The Bertz CT molecular complexity index is 1390. The number of phenols is 1. The third kappa shape index (κ3) is 5.25. The Balaban J connectivity index is 1.37. The highest BCUT2D eigenvalue weighted by molar-refractivity contribution is 5.90. The predicted molar refractivity (Wildman–Crippen MR) is 142 cm³/mol. The van der Waals surface area contributed by atoms with Crippen molar-refractivity contribution in [2.75, 3.05) is 6.61 Å². The standard InChI is InChI=1S/C28H32N4O8/c29-20(12-15-6-9-19(33)10-7-15)25(36)31-21(22-23(34)28(38)14-40-27(24(28)35)32(22)39)26(37)30-13-16-5-8-17-3-1-2-4-18(17)11-16/h1-11,20-24,27,33-35,38-39H,12-14,29H2,(H,30,37)(H,31,36)/t20-,21?,22?,23-,24+,27?,28+/m0/s1. The van der Waals surface area contributed by atoms with Gasteiger partial charge >= 0.3 is 0 Å². The summed E-state index contributed by atoms with van der Waals surface area (Å²) in [6.07, 6.45) is -4.90. The van der Waals surface area contributed by atoms with E-state index in [2.05, 4.69) is 10.6 Å². The first-order chi connectivity index (χ1) is 19.1. The van der Waals surface area contributed by atoms with Gasteiger partial charge in [-0.25, -0.2) is 0 Å². The van der Waals surface area contributed by atoms with Crippen molar-refractivity contribution in [1.82, 2.24) is 15.7 Å². The van der Waals surface area contributed by atoms with Crippen LogP contribution in [0.4, 0.5) is 0 Å². The summed E-state index contributed by atoms with van der Waals surface area (Å²) in [5.41, 5.74) is 5.36. The number of piperidine rings is 1. The van der Waals surface area contributed by atoms with E-state index in [1.807, 2.05) is 42.5 Å². The lowest BCUT2D eigenvalue weighted by Gasteiger charge is -2.47. The monoisotopic (exact) mass is 552 g/mol. The van der Waals surface area contributed by atoms with Crippen LogP contribution in [0.3, 0.4) is 0 Å². The quantitative estimate of drug-likeness (QED) is 0.173. The maximum atomic E-state index is 13.5. The van der Waals surface area contributed by atoms with Crippen LogP contribution in [-0.4, -0.2) is 91.3 Å². The number of hydroxylamine groups is 2. The van der Waals surface area contributed by atoms with Crippen molar-refractivity contribution in [2.24, 2.45) is 5.73 Å². The van der Waals surface area contributed by atoms with Crippen molar-refractivity contribution >= 4 is 22.6 Å². The Kier molecular flexibility index (Phi) is 7.75. The minimum absolute atomic E-state index is 0.0521. The summed E-state index contributed by atoms with van der Waals surface area (Å²) in [5, 5.41) is 60.3. The van der Waals surface area contributed by atoms with Crippen LogP contribution in [0.2, 0.25) is 0 Å². The molecule has 0 spiro atoms. The second kappa shape index (κ2) is 11.1.